The maximum atomic E-state index is 11.8. The van der Waals surface area contributed by atoms with E-state index in [1.807, 2.05) is 49.4 Å². The monoisotopic (exact) mass is 356 g/mol. The molecule has 0 saturated heterocycles. The number of fused-ring (bicyclic) bond motifs is 1. The van der Waals surface area contributed by atoms with Crippen molar-refractivity contribution in [2.45, 2.75) is 31.8 Å². The first-order chi connectivity index (χ1) is 12.6. The zero-order chi connectivity index (χ0) is 18.7. The quantitative estimate of drug-likeness (QED) is 0.581. The average molecular weight is 356 g/mol. The molecule has 1 heterocycles. The minimum atomic E-state index is -0.702. The molecule has 3 rings (SSSR count). The number of hydrogen-bond acceptors (Lipinski definition) is 5. The Balaban J connectivity index is 2.15. The van der Waals surface area contributed by atoms with Crippen molar-refractivity contribution in [1.82, 2.24) is 0 Å². The van der Waals surface area contributed by atoms with Crippen molar-refractivity contribution in [2.24, 2.45) is 0 Å². The number of rotatable bonds is 6. The van der Waals surface area contributed by atoms with Crippen LogP contribution in [0.3, 0.4) is 0 Å². The van der Waals surface area contributed by atoms with Crippen molar-refractivity contribution < 1.29 is 14.4 Å². The second-order valence-electron chi connectivity index (χ2n) is 6.39. The highest BCUT2D eigenvalue weighted by atomic mass is 16.6. The van der Waals surface area contributed by atoms with Gasteiger partial charge in [0, 0.05) is 23.6 Å². The summed E-state index contributed by atoms with van der Waals surface area (Å²) in [6.45, 7) is 2.59. The molecule has 1 unspecified atom stereocenters. The molecule has 1 aliphatic rings. The fourth-order valence-corrected chi connectivity index (χ4v) is 3.79. The van der Waals surface area contributed by atoms with Crippen LogP contribution in [0.15, 0.2) is 42.5 Å². The van der Waals surface area contributed by atoms with Gasteiger partial charge in [0.15, 0.2) is 11.5 Å². The molecule has 0 aromatic heterocycles. The van der Waals surface area contributed by atoms with E-state index in [9.17, 15) is 10.1 Å². The summed E-state index contributed by atoms with van der Waals surface area (Å²) in [4.78, 5) is 13.8. The van der Waals surface area contributed by atoms with E-state index in [1.54, 1.807) is 14.2 Å². The predicted molar refractivity (Wildman–Crippen MR) is 101 cm³/mol. The van der Waals surface area contributed by atoms with E-state index in [2.05, 4.69) is 4.90 Å². The van der Waals surface area contributed by atoms with Crippen molar-refractivity contribution in [2.75, 3.05) is 25.7 Å². The number of nitrogens with zero attached hydrogens (tertiary/aromatic N) is 2. The molecule has 0 aliphatic carbocycles. The summed E-state index contributed by atoms with van der Waals surface area (Å²) < 4.78 is 10.9. The van der Waals surface area contributed by atoms with E-state index in [4.69, 9.17) is 9.47 Å². The minimum Gasteiger partial charge on any atom is -0.493 e. The van der Waals surface area contributed by atoms with E-state index in [-0.39, 0.29) is 11.0 Å². The lowest BCUT2D eigenvalue weighted by molar-refractivity contribution is -0.527. The van der Waals surface area contributed by atoms with Crippen LogP contribution in [-0.2, 0) is 6.42 Å². The number of benzene rings is 2. The van der Waals surface area contributed by atoms with Crippen molar-refractivity contribution in [3.63, 3.8) is 0 Å². The van der Waals surface area contributed by atoms with Gasteiger partial charge >= 0.3 is 0 Å². The van der Waals surface area contributed by atoms with Crippen LogP contribution < -0.4 is 14.4 Å². The summed E-state index contributed by atoms with van der Waals surface area (Å²) in [5.74, 6) is 1.26. The fourth-order valence-electron chi connectivity index (χ4n) is 3.79. The van der Waals surface area contributed by atoms with Gasteiger partial charge in [-0.1, -0.05) is 25.1 Å². The third-order valence-electron chi connectivity index (χ3n) is 5.06. The smallest absolute Gasteiger partial charge is 0.237 e. The van der Waals surface area contributed by atoms with Crippen LogP contribution in [0.25, 0.3) is 0 Å². The largest absolute Gasteiger partial charge is 0.493 e. The highest BCUT2D eigenvalue weighted by molar-refractivity contribution is 5.56. The summed E-state index contributed by atoms with van der Waals surface area (Å²) in [6.07, 6.45) is 1.25. The van der Waals surface area contributed by atoms with Gasteiger partial charge in [0.25, 0.3) is 0 Å². The molecular weight excluding hydrogens is 332 g/mol. The Kier molecular flexibility index (Phi) is 5.30. The molecule has 138 valence electrons. The van der Waals surface area contributed by atoms with Gasteiger partial charge in [-0.2, -0.15) is 0 Å². The molecule has 0 amide bonds. The lowest BCUT2D eigenvalue weighted by atomic mass is 9.86. The molecule has 0 radical (unpaired) electrons. The van der Waals surface area contributed by atoms with E-state index in [0.29, 0.717) is 17.9 Å². The van der Waals surface area contributed by atoms with Gasteiger partial charge in [-0.25, -0.2) is 0 Å². The van der Waals surface area contributed by atoms with Gasteiger partial charge in [0.2, 0.25) is 6.04 Å². The molecule has 0 N–H and O–H groups in total. The van der Waals surface area contributed by atoms with Gasteiger partial charge in [0.05, 0.1) is 14.2 Å². The molecule has 0 saturated carbocycles. The molecule has 26 heavy (non-hydrogen) atoms. The molecule has 2 atom stereocenters. The molecule has 0 spiro atoms. The number of anilines is 1. The first kappa shape index (κ1) is 18.0. The first-order valence-electron chi connectivity index (χ1n) is 8.80. The maximum absolute atomic E-state index is 11.8. The molecule has 1 aliphatic heterocycles. The van der Waals surface area contributed by atoms with Gasteiger partial charge in [0.1, 0.15) is 6.04 Å². The van der Waals surface area contributed by atoms with Gasteiger partial charge in [-0.05, 0) is 41.8 Å². The van der Waals surface area contributed by atoms with E-state index >= 15 is 0 Å². The maximum Gasteiger partial charge on any atom is 0.237 e. The second kappa shape index (κ2) is 7.64. The summed E-state index contributed by atoms with van der Waals surface area (Å²) in [7, 11) is 3.19. The first-order valence-corrected chi connectivity index (χ1v) is 8.80. The Morgan fingerprint density at radius 1 is 1.19 bits per heavy atom. The van der Waals surface area contributed by atoms with Crippen LogP contribution in [0, 0.1) is 10.1 Å². The molecule has 6 nitrogen and oxygen atoms in total. The number of nitro groups is 1. The standard InChI is InChI=1S/C20H24N2O4/c1-4-17(22(23)24)20-16-13-19(26-3)18(25-2)12-14(16)10-11-21(20)15-8-6-5-7-9-15/h5-9,12-13,17,20H,4,10-11H2,1-3H3/t17?,20-/m1/s1. The summed E-state index contributed by atoms with van der Waals surface area (Å²) in [6, 6.07) is 12.7. The van der Waals surface area contributed by atoms with Gasteiger partial charge in [-0.3, -0.25) is 10.1 Å². The van der Waals surface area contributed by atoms with Crippen molar-refractivity contribution >= 4 is 5.69 Å². The zero-order valence-electron chi connectivity index (χ0n) is 15.3. The van der Waals surface area contributed by atoms with Crippen LogP contribution in [0.4, 0.5) is 5.69 Å². The Hall–Kier alpha value is -2.76. The summed E-state index contributed by atoms with van der Waals surface area (Å²) in [5.41, 5.74) is 3.03. The fraction of sp³-hybridized carbons (Fsp3) is 0.400. The minimum absolute atomic E-state index is 0.160. The van der Waals surface area contributed by atoms with E-state index < -0.39 is 6.04 Å². The van der Waals surface area contributed by atoms with Crippen LogP contribution in [0.2, 0.25) is 0 Å². The van der Waals surface area contributed by atoms with Crippen LogP contribution in [0.1, 0.15) is 30.5 Å². The number of methoxy groups -OCH3 is 2. The lowest BCUT2D eigenvalue weighted by Crippen LogP contribution is -2.44. The SMILES string of the molecule is CCC([C@H]1c2cc(OC)c(OC)cc2CCN1c1ccccc1)[N+](=O)[O-]. The predicted octanol–water partition coefficient (Wildman–Crippen LogP) is 3.86. The third-order valence-corrected chi connectivity index (χ3v) is 5.06. The molecular formula is C20H24N2O4. The molecule has 6 heteroatoms. The Morgan fingerprint density at radius 2 is 1.85 bits per heavy atom. The zero-order valence-corrected chi connectivity index (χ0v) is 15.3. The number of para-hydroxylation sites is 1. The molecule has 2 aromatic carbocycles. The average Bonchev–Trinajstić information content (AvgIpc) is 2.67. The van der Waals surface area contributed by atoms with Crippen LogP contribution in [-0.4, -0.2) is 31.7 Å². The molecule has 2 aromatic rings. The Labute approximate surface area is 153 Å². The summed E-state index contributed by atoms with van der Waals surface area (Å²) in [5, 5.41) is 11.8. The highest BCUT2D eigenvalue weighted by Gasteiger charge is 2.40. The van der Waals surface area contributed by atoms with Gasteiger partial charge in [-0.15, -0.1) is 0 Å². The second-order valence-corrected chi connectivity index (χ2v) is 6.39. The summed E-state index contributed by atoms with van der Waals surface area (Å²) >= 11 is 0. The number of hydrogen-bond donors (Lipinski definition) is 0. The Morgan fingerprint density at radius 3 is 2.42 bits per heavy atom. The van der Waals surface area contributed by atoms with Crippen molar-refractivity contribution in [1.29, 1.82) is 0 Å². The lowest BCUT2D eigenvalue weighted by Gasteiger charge is -2.40. The van der Waals surface area contributed by atoms with Crippen LogP contribution >= 0.6 is 0 Å². The highest BCUT2D eigenvalue weighted by Crippen LogP contribution is 2.42. The van der Waals surface area contributed by atoms with Crippen molar-refractivity contribution in [3.8, 4) is 11.5 Å². The molecule has 0 bridgehead atoms. The molecule has 0 fully saturated rings. The van der Waals surface area contributed by atoms with Gasteiger partial charge < -0.3 is 14.4 Å². The Bertz CT molecular complexity index is 779. The van der Waals surface area contributed by atoms with Crippen molar-refractivity contribution in [3.05, 3.63) is 63.7 Å². The normalized spacial score (nSPS) is 17.3. The number of ether oxygens (including phenoxy) is 2. The van der Waals surface area contributed by atoms with Crippen LogP contribution in [0.5, 0.6) is 11.5 Å². The third kappa shape index (κ3) is 3.19. The van der Waals surface area contributed by atoms with E-state index in [1.165, 1.54) is 0 Å². The topological polar surface area (TPSA) is 64.8 Å². The van der Waals surface area contributed by atoms with E-state index in [0.717, 1.165) is 29.8 Å².